The fourth-order valence-corrected chi connectivity index (χ4v) is 3.04. The minimum absolute atomic E-state index is 0.0398. The van der Waals surface area contributed by atoms with Gasteiger partial charge in [-0.1, -0.05) is 6.92 Å². The summed E-state index contributed by atoms with van der Waals surface area (Å²) in [5.41, 5.74) is -0.332. The molecule has 0 spiro atoms. The Kier molecular flexibility index (Phi) is 4.42. The number of aromatic nitrogens is 2. The van der Waals surface area contributed by atoms with E-state index in [0.717, 1.165) is 24.4 Å². The van der Waals surface area contributed by atoms with Crippen LogP contribution in [0.5, 0.6) is 0 Å². The highest BCUT2D eigenvalue weighted by atomic mass is 16.3. The van der Waals surface area contributed by atoms with E-state index in [4.69, 9.17) is 4.42 Å². The maximum absolute atomic E-state index is 12.7. The molecule has 128 valence electrons. The molecule has 0 bridgehead atoms. The lowest BCUT2D eigenvalue weighted by molar-refractivity contribution is 0.128. The number of nitrogens with one attached hydrogen (secondary N) is 1. The summed E-state index contributed by atoms with van der Waals surface area (Å²) in [6, 6.07) is 3.36. The molecule has 0 unspecified atom stereocenters. The maximum atomic E-state index is 12.7. The number of nitrogens with zero attached hydrogens (tertiary/aromatic N) is 3. The minimum atomic E-state index is -0.332. The molecular formula is C17H22N4O3. The predicted molar refractivity (Wildman–Crippen MR) is 89.8 cm³/mol. The van der Waals surface area contributed by atoms with Crippen molar-refractivity contribution in [3.8, 4) is 0 Å². The third-order valence-corrected chi connectivity index (χ3v) is 4.46. The minimum Gasteiger partial charge on any atom is -0.464 e. The van der Waals surface area contributed by atoms with Crippen LogP contribution < -0.4 is 10.9 Å². The zero-order chi connectivity index (χ0) is 17.3. The molecule has 0 aliphatic carbocycles. The van der Waals surface area contributed by atoms with Crippen molar-refractivity contribution in [2.24, 2.45) is 13.0 Å². The highest BCUT2D eigenvalue weighted by Crippen LogP contribution is 2.35. The largest absolute Gasteiger partial charge is 0.464 e. The fourth-order valence-electron chi connectivity index (χ4n) is 3.04. The highest BCUT2D eigenvalue weighted by Gasteiger charge is 2.33. The third kappa shape index (κ3) is 3.20. The number of carbonyl (C=O) groups excluding carboxylic acids is 1. The van der Waals surface area contributed by atoms with Crippen LogP contribution in [0.1, 0.15) is 37.3 Å². The topological polar surface area (TPSA) is 80.4 Å². The van der Waals surface area contributed by atoms with E-state index in [9.17, 15) is 9.59 Å². The molecule has 1 saturated heterocycles. The van der Waals surface area contributed by atoms with Gasteiger partial charge in [0.05, 0.1) is 6.04 Å². The van der Waals surface area contributed by atoms with E-state index >= 15 is 0 Å². The molecule has 0 aromatic carbocycles. The van der Waals surface area contributed by atoms with Gasteiger partial charge in [-0.15, -0.1) is 0 Å². The van der Waals surface area contributed by atoms with Gasteiger partial charge in [0.15, 0.2) is 0 Å². The lowest BCUT2D eigenvalue weighted by Gasteiger charge is -2.37. The molecule has 2 aromatic rings. The molecule has 2 amide bonds. The summed E-state index contributed by atoms with van der Waals surface area (Å²) in [5.74, 6) is 2.15. The number of anilines is 1. The van der Waals surface area contributed by atoms with Gasteiger partial charge < -0.3 is 13.9 Å². The SMILES string of the molecule is Cc1ccc([C@@H]2C[C@H](C)CCN2C(=O)Nc2nccn(C)c2=O)o1. The van der Waals surface area contributed by atoms with E-state index in [-0.39, 0.29) is 23.5 Å². The van der Waals surface area contributed by atoms with Gasteiger partial charge in [-0.3, -0.25) is 10.1 Å². The van der Waals surface area contributed by atoms with Crippen LogP contribution in [0.2, 0.25) is 0 Å². The van der Waals surface area contributed by atoms with Crippen LogP contribution in [0.3, 0.4) is 0 Å². The van der Waals surface area contributed by atoms with E-state index < -0.39 is 0 Å². The van der Waals surface area contributed by atoms with Crippen molar-refractivity contribution in [3.63, 3.8) is 0 Å². The zero-order valence-electron chi connectivity index (χ0n) is 14.2. The van der Waals surface area contributed by atoms with Crippen LogP contribution in [0.4, 0.5) is 10.6 Å². The predicted octanol–water partition coefficient (Wildman–Crippen LogP) is 2.69. The Bertz CT molecular complexity index is 795. The number of hydrogen-bond donors (Lipinski definition) is 1. The van der Waals surface area contributed by atoms with E-state index in [2.05, 4.69) is 17.2 Å². The van der Waals surface area contributed by atoms with Crippen molar-refractivity contribution in [1.29, 1.82) is 0 Å². The maximum Gasteiger partial charge on any atom is 0.323 e. The molecule has 3 heterocycles. The van der Waals surface area contributed by atoms with Gasteiger partial charge in [0.1, 0.15) is 11.5 Å². The van der Waals surface area contributed by atoms with Crippen molar-refractivity contribution in [1.82, 2.24) is 14.5 Å². The number of hydrogen-bond acceptors (Lipinski definition) is 4. The smallest absolute Gasteiger partial charge is 0.323 e. The molecule has 0 saturated carbocycles. The Hall–Kier alpha value is -2.57. The number of piperidine rings is 1. The second-order valence-corrected chi connectivity index (χ2v) is 6.41. The van der Waals surface area contributed by atoms with Crippen LogP contribution >= 0.6 is 0 Å². The summed E-state index contributed by atoms with van der Waals surface area (Å²) in [4.78, 5) is 30.5. The van der Waals surface area contributed by atoms with Gasteiger partial charge in [0.2, 0.25) is 5.82 Å². The third-order valence-electron chi connectivity index (χ3n) is 4.46. The molecule has 7 nitrogen and oxygen atoms in total. The zero-order valence-corrected chi connectivity index (χ0v) is 14.2. The number of rotatable bonds is 2. The van der Waals surface area contributed by atoms with Gasteiger partial charge >= 0.3 is 6.03 Å². The lowest BCUT2D eigenvalue weighted by atomic mass is 9.91. The van der Waals surface area contributed by atoms with Gasteiger partial charge in [-0.25, -0.2) is 9.78 Å². The Morgan fingerprint density at radius 1 is 1.42 bits per heavy atom. The summed E-state index contributed by atoms with van der Waals surface area (Å²) < 4.78 is 7.12. The monoisotopic (exact) mass is 330 g/mol. The molecule has 1 fully saturated rings. The van der Waals surface area contributed by atoms with Crippen molar-refractivity contribution in [2.75, 3.05) is 11.9 Å². The highest BCUT2D eigenvalue weighted by molar-refractivity contribution is 5.88. The number of carbonyl (C=O) groups is 1. The first kappa shape index (κ1) is 16.3. The average Bonchev–Trinajstić information content (AvgIpc) is 2.98. The van der Waals surface area contributed by atoms with Crippen LogP contribution in [0.25, 0.3) is 0 Å². The van der Waals surface area contributed by atoms with Crippen LogP contribution in [0.15, 0.2) is 33.7 Å². The summed E-state index contributed by atoms with van der Waals surface area (Å²) in [5, 5.41) is 2.64. The average molecular weight is 330 g/mol. The molecule has 7 heteroatoms. The molecule has 0 radical (unpaired) electrons. The van der Waals surface area contributed by atoms with E-state index in [1.165, 1.54) is 10.8 Å². The second kappa shape index (κ2) is 6.51. The number of urea groups is 1. The first-order valence-electron chi connectivity index (χ1n) is 8.11. The molecule has 2 atom stereocenters. The molecule has 24 heavy (non-hydrogen) atoms. The van der Waals surface area contributed by atoms with Gasteiger partial charge in [0, 0.05) is 26.0 Å². The Balaban J connectivity index is 1.83. The first-order valence-corrected chi connectivity index (χ1v) is 8.11. The number of furan rings is 1. The Morgan fingerprint density at radius 2 is 2.21 bits per heavy atom. The Labute approximate surface area is 140 Å². The molecule has 1 aliphatic rings. The standard InChI is InChI=1S/C17H22N4O3/c1-11-6-8-21(13(10-11)14-5-4-12(2)24-14)17(23)19-15-16(22)20(3)9-7-18-15/h4-5,7,9,11,13H,6,8,10H2,1-3H3,(H,18,19,23)/t11-,13+/m1/s1. The first-order chi connectivity index (χ1) is 11.5. The van der Waals surface area contributed by atoms with Gasteiger partial charge in [-0.2, -0.15) is 0 Å². The number of likely N-dealkylation sites (tertiary alicyclic amines) is 1. The van der Waals surface area contributed by atoms with Crippen molar-refractivity contribution >= 4 is 11.8 Å². The van der Waals surface area contributed by atoms with E-state index in [0.29, 0.717) is 12.5 Å². The molecule has 3 rings (SSSR count). The molecule has 1 N–H and O–H groups in total. The summed E-state index contributed by atoms with van der Waals surface area (Å²) in [6.07, 6.45) is 4.79. The summed E-state index contributed by atoms with van der Waals surface area (Å²) >= 11 is 0. The number of amides is 2. The lowest BCUT2D eigenvalue weighted by Crippen LogP contribution is -2.43. The van der Waals surface area contributed by atoms with Crippen LogP contribution in [-0.4, -0.2) is 27.0 Å². The van der Waals surface area contributed by atoms with Crippen molar-refractivity contribution < 1.29 is 9.21 Å². The number of aryl methyl sites for hydroxylation is 2. The second-order valence-electron chi connectivity index (χ2n) is 6.41. The molecule has 1 aliphatic heterocycles. The normalized spacial score (nSPS) is 20.9. The molecule has 2 aromatic heterocycles. The van der Waals surface area contributed by atoms with Crippen molar-refractivity contribution in [2.45, 2.75) is 32.7 Å². The van der Waals surface area contributed by atoms with Crippen LogP contribution in [0, 0.1) is 12.8 Å². The Morgan fingerprint density at radius 3 is 2.92 bits per heavy atom. The quantitative estimate of drug-likeness (QED) is 0.918. The molecular weight excluding hydrogens is 308 g/mol. The summed E-state index contributed by atoms with van der Waals surface area (Å²) in [7, 11) is 1.62. The van der Waals surface area contributed by atoms with E-state index in [1.54, 1.807) is 18.1 Å². The van der Waals surface area contributed by atoms with E-state index in [1.807, 2.05) is 19.1 Å². The fraction of sp³-hybridized carbons (Fsp3) is 0.471. The van der Waals surface area contributed by atoms with Gasteiger partial charge in [-0.05, 0) is 37.8 Å². The van der Waals surface area contributed by atoms with Gasteiger partial charge in [0.25, 0.3) is 5.56 Å². The van der Waals surface area contributed by atoms with Crippen LogP contribution in [-0.2, 0) is 7.05 Å². The van der Waals surface area contributed by atoms with Crippen molar-refractivity contribution in [3.05, 3.63) is 46.4 Å². The summed E-state index contributed by atoms with van der Waals surface area (Å²) in [6.45, 7) is 4.68.